The Kier molecular flexibility index (Phi) is 6.99. The Morgan fingerprint density at radius 1 is 1.21 bits per heavy atom. The van der Waals surface area contributed by atoms with Crippen molar-refractivity contribution in [3.63, 3.8) is 0 Å². The summed E-state index contributed by atoms with van der Waals surface area (Å²) in [6, 6.07) is 6.00. The molecule has 0 saturated carbocycles. The fourth-order valence-electron chi connectivity index (χ4n) is 1.75. The van der Waals surface area contributed by atoms with E-state index in [2.05, 4.69) is 4.90 Å². The zero-order chi connectivity index (χ0) is 14.3. The van der Waals surface area contributed by atoms with Crippen LogP contribution in [-0.2, 0) is 4.74 Å². The van der Waals surface area contributed by atoms with Crippen LogP contribution in [0.5, 0.6) is 0 Å². The minimum Gasteiger partial charge on any atom is -0.388 e. The number of benzene rings is 1. The van der Waals surface area contributed by atoms with Crippen molar-refractivity contribution in [3.8, 4) is 0 Å². The van der Waals surface area contributed by atoms with E-state index in [0.717, 1.165) is 18.7 Å². The predicted octanol–water partition coefficient (Wildman–Crippen LogP) is 2.61. The molecule has 1 aromatic rings. The number of nitrogens with zero attached hydrogens (tertiary/aromatic N) is 1. The van der Waals surface area contributed by atoms with Gasteiger partial charge in [-0.2, -0.15) is 0 Å². The van der Waals surface area contributed by atoms with Crippen LogP contribution in [-0.4, -0.2) is 42.9 Å². The highest BCUT2D eigenvalue weighted by Crippen LogP contribution is 2.17. The quantitative estimate of drug-likeness (QED) is 0.787. The van der Waals surface area contributed by atoms with Gasteiger partial charge in [-0.1, -0.05) is 12.1 Å². The molecule has 0 spiro atoms. The van der Waals surface area contributed by atoms with Gasteiger partial charge in [-0.05, 0) is 45.0 Å². The van der Waals surface area contributed by atoms with Gasteiger partial charge in [0.25, 0.3) is 0 Å². The van der Waals surface area contributed by atoms with Gasteiger partial charge in [0.15, 0.2) is 0 Å². The molecule has 4 heteroatoms. The van der Waals surface area contributed by atoms with Gasteiger partial charge in [0.1, 0.15) is 5.82 Å². The number of likely N-dealkylation sites (N-methyl/N-ethyl adjacent to an activating group) is 1. The Labute approximate surface area is 115 Å². The Morgan fingerprint density at radius 2 is 1.84 bits per heavy atom. The molecule has 1 N–H and O–H groups in total. The number of hydrogen-bond acceptors (Lipinski definition) is 3. The number of aliphatic hydroxyl groups is 1. The summed E-state index contributed by atoms with van der Waals surface area (Å²) in [5.74, 6) is -0.279. The van der Waals surface area contributed by atoms with E-state index >= 15 is 0 Å². The normalized spacial score (nSPS) is 13.2. The molecule has 0 aromatic heterocycles. The minimum absolute atomic E-state index is 0.248. The SMILES string of the molecule is CC(C)OCCN(C)CCC(O)c1ccc(F)cc1. The first kappa shape index (κ1) is 16.1. The van der Waals surface area contributed by atoms with Crippen LogP contribution in [0.15, 0.2) is 24.3 Å². The summed E-state index contributed by atoms with van der Waals surface area (Å²) in [7, 11) is 2.00. The van der Waals surface area contributed by atoms with Crippen LogP contribution in [0.25, 0.3) is 0 Å². The first-order valence-electron chi connectivity index (χ1n) is 6.72. The highest BCUT2D eigenvalue weighted by atomic mass is 19.1. The van der Waals surface area contributed by atoms with E-state index in [0.29, 0.717) is 13.0 Å². The standard InChI is InChI=1S/C15H24FNO2/c1-12(2)19-11-10-17(3)9-8-15(18)13-4-6-14(16)7-5-13/h4-7,12,15,18H,8-11H2,1-3H3. The number of ether oxygens (including phenoxy) is 1. The van der Waals surface area contributed by atoms with Gasteiger partial charge >= 0.3 is 0 Å². The van der Waals surface area contributed by atoms with Crippen LogP contribution in [0.4, 0.5) is 4.39 Å². The van der Waals surface area contributed by atoms with Gasteiger partial charge in [0.2, 0.25) is 0 Å². The largest absolute Gasteiger partial charge is 0.388 e. The molecule has 0 heterocycles. The van der Waals surface area contributed by atoms with Crippen molar-refractivity contribution in [2.24, 2.45) is 0 Å². The van der Waals surface area contributed by atoms with Gasteiger partial charge in [0.05, 0.1) is 18.8 Å². The van der Waals surface area contributed by atoms with Gasteiger partial charge in [-0.25, -0.2) is 4.39 Å². The van der Waals surface area contributed by atoms with Crippen molar-refractivity contribution in [1.29, 1.82) is 0 Å². The summed E-state index contributed by atoms with van der Waals surface area (Å²) in [5.41, 5.74) is 0.758. The number of hydrogen-bond donors (Lipinski definition) is 1. The first-order chi connectivity index (χ1) is 8.99. The van der Waals surface area contributed by atoms with Gasteiger partial charge in [-0.3, -0.25) is 0 Å². The summed E-state index contributed by atoms with van der Waals surface area (Å²) in [4.78, 5) is 2.12. The number of rotatable bonds is 8. The number of aliphatic hydroxyl groups excluding tert-OH is 1. The Morgan fingerprint density at radius 3 is 2.42 bits per heavy atom. The van der Waals surface area contributed by atoms with Crippen LogP contribution in [0.1, 0.15) is 31.9 Å². The summed E-state index contributed by atoms with van der Waals surface area (Å²) in [6.07, 6.45) is 0.330. The van der Waals surface area contributed by atoms with Gasteiger partial charge < -0.3 is 14.7 Å². The predicted molar refractivity (Wildman–Crippen MR) is 74.6 cm³/mol. The Bertz CT molecular complexity index is 354. The molecule has 1 rings (SSSR count). The molecule has 0 aliphatic heterocycles. The molecule has 0 radical (unpaired) electrons. The lowest BCUT2D eigenvalue weighted by Crippen LogP contribution is -2.26. The first-order valence-corrected chi connectivity index (χ1v) is 6.72. The van der Waals surface area contributed by atoms with Crippen molar-refractivity contribution in [2.45, 2.75) is 32.5 Å². The van der Waals surface area contributed by atoms with Gasteiger partial charge in [0, 0.05) is 13.1 Å². The van der Waals surface area contributed by atoms with Crippen LogP contribution < -0.4 is 0 Å². The maximum atomic E-state index is 12.8. The molecule has 1 unspecified atom stereocenters. The van der Waals surface area contributed by atoms with Crippen molar-refractivity contribution in [1.82, 2.24) is 4.90 Å². The third kappa shape index (κ3) is 6.66. The second-order valence-corrected chi connectivity index (χ2v) is 5.08. The molecule has 0 aliphatic rings. The topological polar surface area (TPSA) is 32.7 Å². The summed E-state index contributed by atoms with van der Waals surface area (Å²) in [6.45, 7) is 6.34. The smallest absolute Gasteiger partial charge is 0.123 e. The maximum absolute atomic E-state index is 12.8. The molecular weight excluding hydrogens is 245 g/mol. The van der Waals surface area contributed by atoms with Crippen molar-refractivity contribution >= 4 is 0 Å². The Hall–Kier alpha value is -0.970. The van der Waals surface area contributed by atoms with E-state index in [1.807, 2.05) is 20.9 Å². The van der Waals surface area contributed by atoms with Crippen molar-refractivity contribution in [2.75, 3.05) is 26.7 Å². The molecule has 0 saturated heterocycles. The molecule has 0 aliphatic carbocycles. The third-order valence-corrected chi connectivity index (χ3v) is 2.96. The lowest BCUT2D eigenvalue weighted by molar-refractivity contribution is 0.0601. The maximum Gasteiger partial charge on any atom is 0.123 e. The fraction of sp³-hybridized carbons (Fsp3) is 0.600. The summed E-state index contributed by atoms with van der Waals surface area (Å²) < 4.78 is 18.2. The molecule has 0 bridgehead atoms. The lowest BCUT2D eigenvalue weighted by Gasteiger charge is -2.19. The lowest BCUT2D eigenvalue weighted by atomic mass is 10.1. The third-order valence-electron chi connectivity index (χ3n) is 2.96. The minimum atomic E-state index is -0.547. The van der Waals surface area contributed by atoms with Gasteiger partial charge in [-0.15, -0.1) is 0 Å². The second kappa shape index (κ2) is 8.25. The highest BCUT2D eigenvalue weighted by Gasteiger charge is 2.09. The molecule has 1 atom stereocenters. The zero-order valence-corrected chi connectivity index (χ0v) is 12.0. The van der Waals surface area contributed by atoms with E-state index < -0.39 is 6.10 Å². The molecule has 19 heavy (non-hydrogen) atoms. The molecule has 1 aromatic carbocycles. The van der Waals surface area contributed by atoms with Crippen molar-refractivity contribution < 1.29 is 14.2 Å². The molecule has 0 amide bonds. The molecule has 0 fully saturated rings. The van der Waals surface area contributed by atoms with E-state index in [1.165, 1.54) is 12.1 Å². The number of halogens is 1. The van der Waals surface area contributed by atoms with E-state index in [-0.39, 0.29) is 11.9 Å². The highest BCUT2D eigenvalue weighted by molar-refractivity contribution is 5.18. The van der Waals surface area contributed by atoms with E-state index in [1.54, 1.807) is 12.1 Å². The fourth-order valence-corrected chi connectivity index (χ4v) is 1.75. The summed E-state index contributed by atoms with van der Waals surface area (Å²) in [5, 5.41) is 9.99. The second-order valence-electron chi connectivity index (χ2n) is 5.08. The van der Waals surface area contributed by atoms with E-state index in [4.69, 9.17) is 4.74 Å². The Balaban J connectivity index is 2.25. The van der Waals surface area contributed by atoms with E-state index in [9.17, 15) is 9.50 Å². The van der Waals surface area contributed by atoms with Crippen LogP contribution in [0, 0.1) is 5.82 Å². The zero-order valence-electron chi connectivity index (χ0n) is 12.0. The summed E-state index contributed by atoms with van der Waals surface area (Å²) >= 11 is 0. The molecule has 108 valence electrons. The average molecular weight is 269 g/mol. The van der Waals surface area contributed by atoms with Crippen LogP contribution in [0.3, 0.4) is 0 Å². The van der Waals surface area contributed by atoms with Crippen LogP contribution in [0.2, 0.25) is 0 Å². The molecule has 3 nitrogen and oxygen atoms in total. The van der Waals surface area contributed by atoms with Crippen LogP contribution >= 0.6 is 0 Å². The average Bonchev–Trinajstić information content (AvgIpc) is 2.36. The molecular formula is C15H24FNO2. The van der Waals surface area contributed by atoms with Crippen molar-refractivity contribution in [3.05, 3.63) is 35.6 Å². The monoisotopic (exact) mass is 269 g/mol.